The van der Waals surface area contributed by atoms with E-state index in [2.05, 4.69) is 11.9 Å². The highest BCUT2D eigenvalue weighted by Crippen LogP contribution is 2.23. The molecule has 0 fully saturated rings. The number of halogens is 1. The smallest absolute Gasteiger partial charge is 0.306 e. The van der Waals surface area contributed by atoms with Crippen molar-refractivity contribution in [2.24, 2.45) is 0 Å². The number of esters is 1. The van der Waals surface area contributed by atoms with Crippen LogP contribution in [0.4, 0.5) is 0 Å². The Bertz CT molecular complexity index is 582. The second kappa shape index (κ2) is 9.36. The van der Waals surface area contributed by atoms with E-state index < -0.39 is 0 Å². The molecule has 1 unspecified atom stereocenters. The Hall–Kier alpha value is -1.81. The van der Waals surface area contributed by atoms with Crippen molar-refractivity contribution in [3.8, 4) is 0 Å². The molecule has 4 nitrogen and oxygen atoms in total. The lowest BCUT2D eigenvalue weighted by atomic mass is 10.1. The summed E-state index contributed by atoms with van der Waals surface area (Å²) in [5, 5.41) is 0.668. The highest BCUT2D eigenvalue weighted by molar-refractivity contribution is 6.30. The third-order valence-electron chi connectivity index (χ3n) is 3.69. The number of nitrogens with zero attached hydrogens (tertiary/aromatic N) is 2. The first-order valence-corrected chi connectivity index (χ1v) is 8.47. The summed E-state index contributed by atoms with van der Waals surface area (Å²) in [6.45, 7) is 2.70. The van der Waals surface area contributed by atoms with E-state index in [1.54, 1.807) is 12.5 Å². The molecule has 0 aliphatic heterocycles. The lowest BCUT2D eigenvalue weighted by Gasteiger charge is -2.19. The minimum atomic E-state index is -0.333. The first kappa shape index (κ1) is 17.5. The summed E-state index contributed by atoms with van der Waals surface area (Å²) in [7, 11) is 0. The highest BCUT2D eigenvalue weighted by atomic mass is 35.5. The molecule has 0 radical (unpaired) electrons. The fraction of sp³-hybridized carbons (Fsp3) is 0.444. The van der Waals surface area contributed by atoms with E-state index in [0.29, 0.717) is 18.0 Å². The zero-order chi connectivity index (χ0) is 16.5. The van der Waals surface area contributed by atoms with Crippen LogP contribution in [0.25, 0.3) is 0 Å². The van der Waals surface area contributed by atoms with Gasteiger partial charge >= 0.3 is 5.97 Å². The molecule has 0 spiro atoms. The number of carbonyl (C=O) groups excluding carboxylic acids is 1. The van der Waals surface area contributed by atoms with E-state index in [9.17, 15) is 4.79 Å². The van der Waals surface area contributed by atoms with Crippen molar-refractivity contribution in [3.05, 3.63) is 53.6 Å². The van der Waals surface area contributed by atoms with Crippen molar-refractivity contribution < 1.29 is 9.53 Å². The van der Waals surface area contributed by atoms with Crippen LogP contribution in [-0.2, 0) is 16.1 Å². The van der Waals surface area contributed by atoms with Gasteiger partial charge in [-0.3, -0.25) is 4.79 Å². The number of hydrogen-bond donors (Lipinski definition) is 0. The number of carbonyl (C=O) groups is 1. The fourth-order valence-electron chi connectivity index (χ4n) is 2.39. The van der Waals surface area contributed by atoms with Gasteiger partial charge in [0.15, 0.2) is 0 Å². The molecule has 5 heteroatoms. The lowest BCUT2D eigenvalue weighted by Crippen LogP contribution is -2.16. The van der Waals surface area contributed by atoms with Gasteiger partial charge in [0.2, 0.25) is 0 Å². The molecule has 1 atom stereocenters. The van der Waals surface area contributed by atoms with Crippen LogP contribution in [0.2, 0.25) is 5.02 Å². The normalized spacial score (nSPS) is 12.1. The van der Waals surface area contributed by atoms with Crippen LogP contribution in [0.1, 0.15) is 50.7 Å². The van der Waals surface area contributed by atoms with Gasteiger partial charge in [-0.05, 0) is 24.1 Å². The Morgan fingerprint density at radius 3 is 2.70 bits per heavy atom. The van der Waals surface area contributed by atoms with Crippen molar-refractivity contribution in [3.63, 3.8) is 0 Å². The largest absolute Gasteiger partial charge is 0.456 e. The number of hydrogen-bond acceptors (Lipinski definition) is 3. The number of imidazole rings is 1. The summed E-state index contributed by atoms with van der Waals surface area (Å²) in [4.78, 5) is 16.1. The van der Waals surface area contributed by atoms with E-state index >= 15 is 0 Å². The maximum atomic E-state index is 12.1. The van der Waals surface area contributed by atoms with Crippen LogP contribution in [0, 0.1) is 0 Å². The molecule has 0 aliphatic rings. The Kier molecular flexibility index (Phi) is 7.14. The quantitative estimate of drug-likeness (QED) is 0.489. The monoisotopic (exact) mass is 334 g/mol. The maximum absolute atomic E-state index is 12.1. The Morgan fingerprint density at radius 1 is 1.26 bits per heavy atom. The number of rotatable bonds is 9. The number of unbranched alkanes of at least 4 members (excludes halogenated alkanes) is 3. The van der Waals surface area contributed by atoms with Crippen LogP contribution >= 0.6 is 11.6 Å². The van der Waals surface area contributed by atoms with Crippen molar-refractivity contribution in [1.82, 2.24) is 9.55 Å². The molecule has 1 aromatic carbocycles. The van der Waals surface area contributed by atoms with Gasteiger partial charge in [-0.15, -0.1) is 0 Å². The molecule has 0 saturated carbocycles. The Balaban J connectivity index is 1.98. The molecule has 2 rings (SSSR count). The molecular weight excluding hydrogens is 312 g/mol. The van der Waals surface area contributed by atoms with E-state index in [-0.39, 0.29) is 12.1 Å². The minimum absolute atomic E-state index is 0.152. The van der Waals surface area contributed by atoms with Gasteiger partial charge in [0.25, 0.3) is 0 Å². The Labute approximate surface area is 142 Å². The van der Waals surface area contributed by atoms with Crippen LogP contribution in [0.3, 0.4) is 0 Å². The van der Waals surface area contributed by atoms with Crippen molar-refractivity contribution in [2.45, 2.75) is 51.7 Å². The average molecular weight is 335 g/mol. The predicted octanol–water partition coefficient (Wildman–Crippen LogP) is 4.79. The molecule has 0 amide bonds. The third-order valence-corrected chi connectivity index (χ3v) is 3.94. The fourth-order valence-corrected chi connectivity index (χ4v) is 2.51. The van der Waals surface area contributed by atoms with Gasteiger partial charge in [0.1, 0.15) is 6.10 Å². The predicted molar refractivity (Wildman–Crippen MR) is 91.3 cm³/mol. The molecule has 1 heterocycles. The second-order valence-electron chi connectivity index (χ2n) is 5.60. The molecule has 0 saturated heterocycles. The summed E-state index contributed by atoms with van der Waals surface area (Å²) < 4.78 is 7.61. The first-order chi connectivity index (χ1) is 11.2. The van der Waals surface area contributed by atoms with Crippen LogP contribution in [0.5, 0.6) is 0 Å². The molecule has 23 heavy (non-hydrogen) atoms. The number of aromatic nitrogens is 2. The molecule has 0 bridgehead atoms. The van der Waals surface area contributed by atoms with Crippen LogP contribution in [0.15, 0.2) is 43.0 Å². The topological polar surface area (TPSA) is 44.1 Å². The van der Waals surface area contributed by atoms with Gasteiger partial charge in [-0.1, -0.05) is 49.9 Å². The van der Waals surface area contributed by atoms with Crippen LogP contribution in [-0.4, -0.2) is 15.5 Å². The maximum Gasteiger partial charge on any atom is 0.306 e. The van der Waals surface area contributed by atoms with Crippen molar-refractivity contribution >= 4 is 17.6 Å². The zero-order valence-electron chi connectivity index (χ0n) is 13.5. The summed E-state index contributed by atoms with van der Waals surface area (Å²) in [6, 6.07) is 7.42. The van der Waals surface area contributed by atoms with E-state index in [1.807, 2.05) is 35.0 Å². The molecule has 124 valence electrons. The van der Waals surface area contributed by atoms with Gasteiger partial charge in [0.05, 0.1) is 12.9 Å². The van der Waals surface area contributed by atoms with E-state index in [1.165, 1.54) is 0 Å². The SMILES string of the molecule is CCCCCCC(=O)OC(Cn1ccnc1)c1ccc(Cl)cc1. The third kappa shape index (κ3) is 6.06. The van der Waals surface area contributed by atoms with Crippen LogP contribution < -0.4 is 0 Å². The van der Waals surface area contributed by atoms with E-state index in [4.69, 9.17) is 16.3 Å². The van der Waals surface area contributed by atoms with Gasteiger partial charge in [-0.2, -0.15) is 0 Å². The molecule has 1 aromatic heterocycles. The molecule has 0 N–H and O–H groups in total. The summed E-state index contributed by atoms with van der Waals surface area (Å²) in [5.74, 6) is -0.152. The summed E-state index contributed by atoms with van der Waals surface area (Å²) in [5.41, 5.74) is 0.935. The molecule has 0 aliphatic carbocycles. The van der Waals surface area contributed by atoms with Crippen molar-refractivity contribution in [2.75, 3.05) is 0 Å². The summed E-state index contributed by atoms with van der Waals surface area (Å²) >= 11 is 5.94. The lowest BCUT2D eigenvalue weighted by molar-refractivity contribution is -0.150. The van der Waals surface area contributed by atoms with Gasteiger partial charge < -0.3 is 9.30 Å². The summed E-state index contributed by atoms with van der Waals surface area (Å²) in [6.07, 6.45) is 9.69. The first-order valence-electron chi connectivity index (χ1n) is 8.09. The highest BCUT2D eigenvalue weighted by Gasteiger charge is 2.17. The number of benzene rings is 1. The zero-order valence-corrected chi connectivity index (χ0v) is 14.2. The minimum Gasteiger partial charge on any atom is -0.456 e. The van der Waals surface area contributed by atoms with E-state index in [0.717, 1.165) is 31.2 Å². The standard InChI is InChI=1S/C18H23ClN2O2/c1-2-3-4-5-6-18(22)23-17(13-21-12-11-20-14-21)15-7-9-16(19)10-8-15/h7-12,14,17H,2-6,13H2,1H3. The average Bonchev–Trinajstić information content (AvgIpc) is 3.05. The Morgan fingerprint density at radius 2 is 2.04 bits per heavy atom. The van der Waals surface area contributed by atoms with Gasteiger partial charge in [-0.25, -0.2) is 4.98 Å². The number of ether oxygens (including phenoxy) is 1. The van der Waals surface area contributed by atoms with Gasteiger partial charge in [0, 0.05) is 23.8 Å². The van der Waals surface area contributed by atoms with Crippen molar-refractivity contribution in [1.29, 1.82) is 0 Å². The molecule has 2 aromatic rings. The second-order valence-corrected chi connectivity index (χ2v) is 6.04. The molecular formula is C18H23ClN2O2.